The van der Waals surface area contributed by atoms with Gasteiger partial charge in [0.25, 0.3) is 0 Å². The number of carbonyl (C=O) groups excluding carboxylic acids is 1. The van der Waals surface area contributed by atoms with Crippen LogP contribution in [-0.4, -0.2) is 55.6 Å². The van der Waals surface area contributed by atoms with Gasteiger partial charge in [0.2, 0.25) is 15.9 Å². The second-order valence-corrected chi connectivity index (χ2v) is 9.82. The van der Waals surface area contributed by atoms with E-state index in [1.165, 1.54) is 12.8 Å². The van der Waals surface area contributed by atoms with E-state index in [-0.39, 0.29) is 30.1 Å². The van der Waals surface area contributed by atoms with E-state index < -0.39 is 10.0 Å². The topological polar surface area (TPSA) is 78.5 Å². The van der Waals surface area contributed by atoms with Gasteiger partial charge in [-0.1, -0.05) is 6.92 Å². The van der Waals surface area contributed by atoms with Gasteiger partial charge in [-0.05, 0) is 50.9 Å². The third kappa shape index (κ3) is 5.55. The highest BCUT2D eigenvalue weighted by atomic mass is 35.5. The standard InChI is InChI=1S/C17H31N3O3S.ClH/c1-2-9-24(22,23)20-7-5-14(6-8-20)19-17(21)12-13-10-15-3-4-16(11-13)18-15;/h13-16,18H,2-12H2,1H3,(H,19,21);1H. The second kappa shape index (κ2) is 9.02. The maximum Gasteiger partial charge on any atom is 0.220 e. The molecular formula is C17H32ClN3O3S. The molecule has 3 saturated heterocycles. The highest BCUT2D eigenvalue weighted by Crippen LogP contribution is 2.32. The van der Waals surface area contributed by atoms with E-state index in [2.05, 4.69) is 10.6 Å². The summed E-state index contributed by atoms with van der Waals surface area (Å²) >= 11 is 0. The summed E-state index contributed by atoms with van der Waals surface area (Å²) in [6.45, 7) is 2.95. The number of hydrogen-bond acceptors (Lipinski definition) is 4. The first kappa shape index (κ1) is 20.9. The quantitative estimate of drug-likeness (QED) is 0.719. The highest BCUT2D eigenvalue weighted by molar-refractivity contribution is 7.89. The van der Waals surface area contributed by atoms with Gasteiger partial charge in [-0.3, -0.25) is 4.79 Å². The zero-order valence-corrected chi connectivity index (χ0v) is 16.7. The van der Waals surface area contributed by atoms with Crippen molar-refractivity contribution in [1.82, 2.24) is 14.9 Å². The van der Waals surface area contributed by atoms with E-state index >= 15 is 0 Å². The molecule has 0 spiro atoms. The number of hydrogen-bond donors (Lipinski definition) is 2. The Morgan fingerprint density at radius 3 is 2.28 bits per heavy atom. The van der Waals surface area contributed by atoms with Gasteiger partial charge in [-0.15, -0.1) is 12.4 Å². The number of sulfonamides is 1. The van der Waals surface area contributed by atoms with E-state index in [0.717, 1.165) is 25.7 Å². The number of halogens is 1. The van der Waals surface area contributed by atoms with E-state index in [9.17, 15) is 13.2 Å². The van der Waals surface area contributed by atoms with Crippen LogP contribution in [0.5, 0.6) is 0 Å². The Morgan fingerprint density at radius 1 is 1.12 bits per heavy atom. The minimum Gasteiger partial charge on any atom is -0.353 e. The van der Waals surface area contributed by atoms with Crippen LogP contribution in [0.25, 0.3) is 0 Å². The number of nitrogens with one attached hydrogen (secondary N) is 2. The molecule has 3 fully saturated rings. The fourth-order valence-electron chi connectivity index (χ4n) is 4.56. The molecular weight excluding hydrogens is 362 g/mol. The number of fused-ring (bicyclic) bond motifs is 2. The van der Waals surface area contributed by atoms with Crippen LogP contribution in [0.4, 0.5) is 0 Å². The predicted molar refractivity (Wildman–Crippen MR) is 101 cm³/mol. The molecule has 2 N–H and O–H groups in total. The molecule has 3 heterocycles. The average molecular weight is 394 g/mol. The molecule has 0 saturated carbocycles. The second-order valence-electron chi connectivity index (χ2n) is 7.74. The van der Waals surface area contributed by atoms with Crippen molar-refractivity contribution in [2.45, 2.75) is 76.4 Å². The summed E-state index contributed by atoms with van der Waals surface area (Å²) in [7, 11) is -3.10. The molecule has 146 valence electrons. The molecule has 8 heteroatoms. The molecule has 3 aliphatic rings. The molecule has 25 heavy (non-hydrogen) atoms. The summed E-state index contributed by atoms with van der Waals surface area (Å²) in [5.41, 5.74) is 0. The summed E-state index contributed by atoms with van der Waals surface area (Å²) < 4.78 is 25.7. The summed E-state index contributed by atoms with van der Waals surface area (Å²) in [5.74, 6) is 0.882. The molecule has 0 aliphatic carbocycles. The van der Waals surface area contributed by atoms with Crippen molar-refractivity contribution in [1.29, 1.82) is 0 Å². The Bertz CT molecular complexity index is 537. The normalized spacial score (nSPS) is 30.7. The van der Waals surface area contributed by atoms with Gasteiger partial charge in [0.1, 0.15) is 0 Å². The van der Waals surface area contributed by atoms with Gasteiger partial charge >= 0.3 is 0 Å². The van der Waals surface area contributed by atoms with Gasteiger partial charge in [-0.2, -0.15) is 0 Å². The van der Waals surface area contributed by atoms with E-state index in [0.29, 0.717) is 43.9 Å². The Labute approximate surface area is 157 Å². The van der Waals surface area contributed by atoms with Crippen LogP contribution in [0.15, 0.2) is 0 Å². The molecule has 2 unspecified atom stereocenters. The van der Waals surface area contributed by atoms with Crippen molar-refractivity contribution >= 4 is 28.3 Å². The number of amides is 1. The molecule has 2 atom stereocenters. The zero-order valence-electron chi connectivity index (χ0n) is 15.1. The lowest BCUT2D eigenvalue weighted by atomic mass is 9.89. The summed E-state index contributed by atoms with van der Waals surface area (Å²) in [5, 5.41) is 6.75. The number of carbonyl (C=O) groups is 1. The van der Waals surface area contributed by atoms with Crippen LogP contribution in [0.3, 0.4) is 0 Å². The van der Waals surface area contributed by atoms with Gasteiger partial charge in [0.05, 0.1) is 5.75 Å². The molecule has 3 rings (SSSR count). The highest BCUT2D eigenvalue weighted by Gasteiger charge is 2.34. The third-order valence-electron chi connectivity index (χ3n) is 5.72. The predicted octanol–water partition coefficient (Wildman–Crippen LogP) is 1.65. The largest absolute Gasteiger partial charge is 0.353 e. The van der Waals surface area contributed by atoms with Crippen LogP contribution in [0.1, 0.15) is 58.3 Å². The first-order chi connectivity index (χ1) is 11.5. The molecule has 0 aromatic rings. The van der Waals surface area contributed by atoms with Gasteiger partial charge in [-0.25, -0.2) is 12.7 Å². The van der Waals surface area contributed by atoms with Gasteiger partial charge < -0.3 is 10.6 Å². The van der Waals surface area contributed by atoms with E-state index in [1.54, 1.807) is 4.31 Å². The molecule has 3 aliphatic heterocycles. The minimum absolute atomic E-state index is 0. The Hall–Kier alpha value is -0.370. The van der Waals surface area contributed by atoms with Crippen molar-refractivity contribution in [3.05, 3.63) is 0 Å². The Kier molecular flexibility index (Phi) is 7.55. The zero-order chi connectivity index (χ0) is 17.2. The minimum atomic E-state index is -3.10. The lowest BCUT2D eigenvalue weighted by Gasteiger charge is -2.32. The SMILES string of the molecule is CCCS(=O)(=O)N1CCC(NC(=O)CC2CC3CCC(C2)N3)CC1.Cl. The lowest BCUT2D eigenvalue weighted by Crippen LogP contribution is -2.47. The molecule has 1 amide bonds. The van der Waals surface area contributed by atoms with Crippen molar-refractivity contribution < 1.29 is 13.2 Å². The first-order valence-corrected chi connectivity index (χ1v) is 11.1. The molecule has 0 aromatic heterocycles. The fourth-order valence-corrected chi connectivity index (χ4v) is 6.10. The third-order valence-corrected chi connectivity index (χ3v) is 7.80. The summed E-state index contributed by atoms with van der Waals surface area (Å²) in [6.07, 6.45) is 7.49. The van der Waals surface area contributed by atoms with Crippen LogP contribution < -0.4 is 10.6 Å². The molecule has 6 nitrogen and oxygen atoms in total. The lowest BCUT2D eigenvalue weighted by molar-refractivity contribution is -0.123. The Balaban J connectivity index is 0.00000225. The first-order valence-electron chi connectivity index (χ1n) is 9.49. The van der Waals surface area contributed by atoms with Gasteiger partial charge in [0, 0.05) is 37.6 Å². The summed E-state index contributed by atoms with van der Waals surface area (Å²) in [4.78, 5) is 12.3. The van der Waals surface area contributed by atoms with Gasteiger partial charge in [0.15, 0.2) is 0 Å². The van der Waals surface area contributed by atoms with Crippen molar-refractivity contribution in [2.75, 3.05) is 18.8 Å². The maximum atomic E-state index is 12.3. The average Bonchev–Trinajstić information content (AvgIpc) is 2.86. The van der Waals surface area contributed by atoms with Crippen LogP contribution in [0.2, 0.25) is 0 Å². The number of nitrogens with zero attached hydrogens (tertiary/aromatic N) is 1. The van der Waals surface area contributed by atoms with Crippen LogP contribution in [-0.2, 0) is 14.8 Å². The van der Waals surface area contributed by atoms with Crippen molar-refractivity contribution in [3.8, 4) is 0 Å². The van der Waals surface area contributed by atoms with Crippen LogP contribution in [0, 0.1) is 5.92 Å². The molecule has 0 radical (unpaired) electrons. The molecule has 2 bridgehead atoms. The van der Waals surface area contributed by atoms with E-state index in [4.69, 9.17) is 0 Å². The fraction of sp³-hybridized carbons (Fsp3) is 0.941. The van der Waals surface area contributed by atoms with Crippen LogP contribution >= 0.6 is 12.4 Å². The number of rotatable bonds is 6. The maximum absolute atomic E-state index is 12.3. The van der Waals surface area contributed by atoms with Crippen molar-refractivity contribution in [2.24, 2.45) is 5.92 Å². The summed E-state index contributed by atoms with van der Waals surface area (Å²) in [6, 6.07) is 1.37. The number of piperidine rings is 2. The van der Waals surface area contributed by atoms with E-state index in [1.807, 2.05) is 6.92 Å². The van der Waals surface area contributed by atoms with Crippen molar-refractivity contribution in [3.63, 3.8) is 0 Å². The smallest absolute Gasteiger partial charge is 0.220 e. The Morgan fingerprint density at radius 2 is 1.72 bits per heavy atom. The molecule has 0 aromatic carbocycles. The monoisotopic (exact) mass is 393 g/mol.